The van der Waals surface area contributed by atoms with Crippen LogP contribution in [0.5, 0.6) is 0 Å². The van der Waals surface area contributed by atoms with Crippen molar-refractivity contribution in [1.82, 2.24) is 0 Å². The molecule has 0 aromatic rings. The molecule has 0 aromatic carbocycles. The molecule has 1 aliphatic heterocycles. The summed E-state index contributed by atoms with van der Waals surface area (Å²) in [6.45, 7) is 4.62. The van der Waals surface area contributed by atoms with Crippen LogP contribution in [0.25, 0.3) is 0 Å². The summed E-state index contributed by atoms with van der Waals surface area (Å²) < 4.78 is 5.09. The van der Waals surface area contributed by atoms with Crippen LogP contribution in [0.3, 0.4) is 0 Å². The number of rotatable bonds is 5. The van der Waals surface area contributed by atoms with Crippen LogP contribution < -0.4 is 0 Å². The van der Waals surface area contributed by atoms with Crippen molar-refractivity contribution in [1.29, 1.82) is 0 Å². The summed E-state index contributed by atoms with van der Waals surface area (Å²) in [6.07, 6.45) is 4.99. The highest BCUT2D eigenvalue weighted by molar-refractivity contribution is 4.92. The molecule has 0 aromatic heterocycles. The topological polar surface area (TPSA) is 32.8 Å². The van der Waals surface area contributed by atoms with Crippen LogP contribution in [-0.4, -0.2) is 24.4 Å². The van der Waals surface area contributed by atoms with Crippen LogP contribution >= 0.6 is 0 Å². The molecule has 1 aliphatic rings. The van der Waals surface area contributed by atoms with Gasteiger partial charge in [0.2, 0.25) is 0 Å². The van der Waals surface area contributed by atoms with E-state index in [4.69, 9.17) is 9.84 Å². The minimum Gasteiger partial charge on any atom is -0.396 e. The maximum Gasteiger partial charge on any atom is 0.0844 e. The van der Waals surface area contributed by atoms with Crippen molar-refractivity contribution >= 4 is 0 Å². The van der Waals surface area contributed by atoms with Crippen LogP contribution in [0.15, 0.2) is 12.7 Å². The predicted molar refractivity (Wildman–Crippen MR) is 39.4 cm³/mol. The zero-order valence-electron chi connectivity index (χ0n) is 5.99. The van der Waals surface area contributed by atoms with E-state index in [-0.39, 0.29) is 6.61 Å². The minimum atomic E-state index is 0.137. The Labute approximate surface area is 61.5 Å². The van der Waals surface area contributed by atoms with E-state index in [9.17, 15) is 0 Å². The fourth-order valence-electron chi connectivity index (χ4n) is 1.03. The van der Waals surface area contributed by atoms with Crippen LogP contribution in [0.1, 0.15) is 6.42 Å². The molecule has 57 valence electrons. The first-order valence-corrected chi connectivity index (χ1v) is 3.55. The van der Waals surface area contributed by atoms with Crippen molar-refractivity contribution in [3.05, 3.63) is 19.1 Å². The standard InChI is InChI=1S/C8H13O2/c1-2-3-7(4-5-9)8-6-10-8/h2,4,7-9H,1,3,5-6H2. The van der Waals surface area contributed by atoms with Gasteiger partial charge in [0.15, 0.2) is 0 Å². The summed E-state index contributed by atoms with van der Waals surface area (Å²) in [5.41, 5.74) is 0. The second-order valence-corrected chi connectivity index (χ2v) is 2.48. The average Bonchev–Trinajstić information content (AvgIpc) is 2.69. The largest absolute Gasteiger partial charge is 0.396 e. The molecule has 1 heterocycles. The number of aliphatic hydroxyl groups is 1. The molecule has 1 N–H and O–H groups in total. The third-order valence-corrected chi connectivity index (χ3v) is 1.68. The van der Waals surface area contributed by atoms with E-state index in [1.807, 2.05) is 12.5 Å². The van der Waals surface area contributed by atoms with Crippen LogP contribution in [-0.2, 0) is 4.74 Å². The lowest BCUT2D eigenvalue weighted by atomic mass is 9.99. The van der Waals surface area contributed by atoms with Crippen molar-refractivity contribution in [2.24, 2.45) is 5.92 Å². The van der Waals surface area contributed by atoms with Crippen molar-refractivity contribution in [2.45, 2.75) is 12.5 Å². The lowest BCUT2D eigenvalue weighted by Gasteiger charge is -2.07. The number of hydrogen-bond acceptors (Lipinski definition) is 2. The molecule has 0 spiro atoms. The van der Waals surface area contributed by atoms with Gasteiger partial charge in [-0.15, -0.1) is 6.58 Å². The molecule has 0 amide bonds. The molecule has 0 saturated carbocycles. The second kappa shape index (κ2) is 3.74. The summed E-state index contributed by atoms with van der Waals surface area (Å²) >= 11 is 0. The van der Waals surface area contributed by atoms with Crippen LogP contribution in [0.4, 0.5) is 0 Å². The van der Waals surface area contributed by atoms with Crippen LogP contribution in [0, 0.1) is 12.3 Å². The van der Waals surface area contributed by atoms with E-state index >= 15 is 0 Å². The fraction of sp³-hybridized carbons (Fsp3) is 0.625. The summed E-state index contributed by atoms with van der Waals surface area (Å²) in [5, 5.41) is 8.59. The fourth-order valence-corrected chi connectivity index (χ4v) is 1.03. The number of allylic oxidation sites excluding steroid dienone is 1. The van der Waals surface area contributed by atoms with E-state index in [1.54, 1.807) is 0 Å². The van der Waals surface area contributed by atoms with Gasteiger partial charge in [-0.2, -0.15) is 0 Å². The molecular weight excluding hydrogens is 128 g/mol. The van der Waals surface area contributed by atoms with E-state index < -0.39 is 0 Å². The zero-order valence-corrected chi connectivity index (χ0v) is 5.99. The molecule has 2 unspecified atom stereocenters. The molecule has 0 bridgehead atoms. The highest BCUT2D eigenvalue weighted by Gasteiger charge is 2.31. The summed E-state index contributed by atoms with van der Waals surface area (Å²) in [7, 11) is 0. The summed E-state index contributed by atoms with van der Waals surface area (Å²) in [5.74, 6) is 0.377. The highest BCUT2D eigenvalue weighted by Crippen LogP contribution is 2.25. The molecule has 10 heavy (non-hydrogen) atoms. The first-order valence-electron chi connectivity index (χ1n) is 3.55. The molecular formula is C8H13O2. The molecule has 1 saturated heterocycles. The smallest absolute Gasteiger partial charge is 0.0844 e. The van der Waals surface area contributed by atoms with Crippen molar-refractivity contribution in [3.8, 4) is 0 Å². The number of epoxide rings is 1. The van der Waals surface area contributed by atoms with Gasteiger partial charge in [-0.25, -0.2) is 0 Å². The van der Waals surface area contributed by atoms with Gasteiger partial charge in [0.25, 0.3) is 0 Å². The zero-order chi connectivity index (χ0) is 7.40. The maximum absolute atomic E-state index is 8.59. The first kappa shape index (κ1) is 7.76. The van der Waals surface area contributed by atoms with E-state index in [0.29, 0.717) is 12.0 Å². The lowest BCUT2D eigenvalue weighted by Crippen LogP contribution is -2.09. The Morgan fingerprint density at radius 3 is 2.90 bits per heavy atom. The van der Waals surface area contributed by atoms with Gasteiger partial charge < -0.3 is 9.84 Å². The van der Waals surface area contributed by atoms with Crippen molar-refractivity contribution in [3.63, 3.8) is 0 Å². The first-order chi connectivity index (χ1) is 4.88. The third kappa shape index (κ3) is 2.12. The van der Waals surface area contributed by atoms with E-state index in [2.05, 4.69) is 6.58 Å². The van der Waals surface area contributed by atoms with Gasteiger partial charge in [0.1, 0.15) is 0 Å². The Kier molecular flexibility index (Phi) is 2.90. The SMILES string of the molecule is C=CCC([CH]CO)C1CO1. The maximum atomic E-state index is 8.59. The van der Waals surface area contributed by atoms with Gasteiger partial charge >= 0.3 is 0 Å². The summed E-state index contributed by atoms with van der Waals surface area (Å²) in [4.78, 5) is 0. The Bertz CT molecular complexity index is 108. The molecule has 1 rings (SSSR count). The monoisotopic (exact) mass is 141 g/mol. The Morgan fingerprint density at radius 1 is 1.80 bits per heavy atom. The Balaban J connectivity index is 2.19. The number of ether oxygens (including phenoxy) is 1. The molecule has 0 aliphatic carbocycles. The van der Waals surface area contributed by atoms with Gasteiger partial charge in [-0.05, 0) is 18.8 Å². The van der Waals surface area contributed by atoms with E-state index in [0.717, 1.165) is 13.0 Å². The molecule has 2 heteroatoms. The van der Waals surface area contributed by atoms with Crippen LogP contribution in [0.2, 0.25) is 0 Å². The molecule has 1 radical (unpaired) electrons. The van der Waals surface area contributed by atoms with Gasteiger partial charge in [-0.1, -0.05) is 6.08 Å². The number of hydrogen-bond donors (Lipinski definition) is 1. The highest BCUT2D eigenvalue weighted by atomic mass is 16.6. The van der Waals surface area contributed by atoms with Gasteiger partial charge in [0.05, 0.1) is 12.7 Å². The quantitative estimate of drug-likeness (QED) is 0.453. The second-order valence-electron chi connectivity index (χ2n) is 2.48. The van der Waals surface area contributed by atoms with E-state index in [1.165, 1.54) is 0 Å². The summed E-state index contributed by atoms with van der Waals surface area (Å²) in [6, 6.07) is 0. The average molecular weight is 141 g/mol. The minimum absolute atomic E-state index is 0.137. The van der Waals surface area contributed by atoms with Gasteiger partial charge in [0, 0.05) is 6.61 Å². The number of aliphatic hydroxyl groups excluding tert-OH is 1. The third-order valence-electron chi connectivity index (χ3n) is 1.68. The van der Waals surface area contributed by atoms with Gasteiger partial charge in [-0.3, -0.25) is 0 Å². The van der Waals surface area contributed by atoms with Crippen molar-refractivity contribution in [2.75, 3.05) is 13.2 Å². The Hall–Kier alpha value is -0.340. The van der Waals surface area contributed by atoms with Crippen molar-refractivity contribution < 1.29 is 9.84 Å². The molecule has 2 atom stereocenters. The Morgan fingerprint density at radius 2 is 2.50 bits per heavy atom. The predicted octanol–water partition coefficient (Wildman–Crippen LogP) is 0.774. The molecule has 1 fully saturated rings. The lowest BCUT2D eigenvalue weighted by molar-refractivity contribution is 0.285. The normalized spacial score (nSPS) is 25.9. The molecule has 2 nitrogen and oxygen atoms in total.